The third kappa shape index (κ3) is 4.22. The molecule has 0 spiro atoms. The lowest BCUT2D eigenvalue weighted by Gasteiger charge is -2.26. The van der Waals surface area contributed by atoms with Crippen LogP contribution in [0.15, 0.2) is 24.4 Å². The molecule has 25 heavy (non-hydrogen) atoms. The minimum atomic E-state index is -0.677. The number of methoxy groups -OCH3 is 2. The molecule has 7 heteroatoms. The van der Waals surface area contributed by atoms with Crippen molar-refractivity contribution >= 4 is 11.6 Å². The fourth-order valence-corrected chi connectivity index (χ4v) is 2.68. The molecule has 0 aliphatic carbocycles. The fraction of sp³-hybridized carbons (Fsp3) is 0.389. The van der Waals surface area contributed by atoms with E-state index in [0.717, 1.165) is 0 Å². The second kappa shape index (κ2) is 8.49. The van der Waals surface area contributed by atoms with Gasteiger partial charge in [-0.2, -0.15) is 0 Å². The molecule has 0 aliphatic rings. The van der Waals surface area contributed by atoms with Crippen LogP contribution in [-0.4, -0.2) is 35.7 Å². The second-order valence-electron chi connectivity index (χ2n) is 5.49. The molecule has 2 rings (SSSR count). The number of aliphatic hydroxyl groups is 1. The van der Waals surface area contributed by atoms with Gasteiger partial charge in [-0.05, 0) is 26.0 Å². The van der Waals surface area contributed by atoms with Gasteiger partial charge < -0.3 is 24.4 Å². The molecule has 2 atom stereocenters. The van der Waals surface area contributed by atoms with Gasteiger partial charge in [0, 0.05) is 35.0 Å². The van der Waals surface area contributed by atoms with Gasteiger partial charge in [0.2, 0.25) is 0 Å². The van der Waals surface area contributed by atoms with Gasteiger partial charge in [0.25, 0.3) is 0 Å². The number of aromatic nitrogens is 1. The molecule has 6 nitrogen and oxygen atoms in total. The van der Waals surface area contributed by atoms with Crippen LogP contribution in [0.2, 0.25) is 5.02 Å². The van der Waals surface area contributed by atoms with Crippen molar-refractivity contribution < 1.29 is 24.4 Å². The zero-order valence-corrected chi connectivity index (χ0v) is 15.4. The lowest BCUT2D eigenvalue weighted by Crippen LogP contribution is -2.19. The van der Waals surface area contributed by atoms with Crippen molar-refractivity contribution in [2.24, 2.45) is 0 Å². The molecule has 2 unspecified atom stereocenters. The van der Waals surface area contributed by atoms with Gasteiger partial charge in [-0.3, -0.25) is 4.98 Å². The lowest BCUT2D eigenvalue weighted by atomic mass is 9.96. The van der Waals surface area contributed by atoms with E-state index in [1.165, 1.54) is 14.2 Å². The average Bonchev–Trinajstić information content (AvgIpc) is 2.61. The highest BCUT2D eigenvalue weighted by molar-refractivity contribution is 6.30. The van der Waals surface area contributed by atoms with Gasteiger partial charge in [-0.25, -0.2) is 0 Å². The number of nitrogens with zero attached hydrogens (tertiary/aromatic N) is 1. The molecule has 0 fully saturated rings. The molecule has 1 aromatic heterocycles. The summed E-state index contributed by atoms with van der Waals surface area (Å²) in [6.45, 7) is 3.05. The molecular formula is C18H22ClNO5. The monoisotopic (exact) mass is 367 g/mol. The van der Waals surface area contributed by atoms with Crippen molar-refractivity contribution in [3.63, 3.8) is 0 Å². The van der Waals surface area contributed by atoms with Gasteiger partial charge in [0.1, 0.15) is 17.6 Å². The van der Waals surface area contributed by atoms with E-state index in [9.17, 15) is 10.2 Å². The summed E-state index contributed by atoms with van der Waals surface area (Å²) in [6, 6.07) is 5.16. The van der Waals surface area contributed by atoms with Crippen molar-refractivity contribution in [2.45, 2.75) is 32.8 Å². The molecule has 0 saturated carbocycles. The number of halogens is 1. The first-order valence-electron chi connectivity index (χ1n) is 7.72. The number of hydrogen-bond donors (Lipinski definition) is 2. The summed E-state index contributed by atoms with van der Waals surface area (Å²) < 4.78 is 16.6. The van der Waals surface area contributed by atoms with Gasteiger partial charge in [0.15, 0.2) is 6.29 Å². The summed E-state index contributed by atoms with van der Waals surface area (Å²) in [6.07, 6.45) is 0.352. The van der Waals surface area contributed by atoms with E-state index < -0.39 is 12.4 Å². The van der Waals surface area contributed by atoms with Crippen LogP contribution in [0, 0.1) is 6.92 Å². The van der Waals surface area contributed by atoms with E-state index in [2.05, 4.69) is 4.98 Å². The van der Waals surface area contributed by atoms with Crippen LogP contribution in [0.5, 0.6) is 11.5 Å². The number of ether oxygens (including phenoxy) is 3. The number of aromatic hydroxyl groups is 1. The Morgan fingerprint density at radius 3 is 2.56 bits per heavy atom. The molecule has 0 bridgehead atoms. The predicted octanol–water partition coefficient (Wildman–Crippen LogP) is 3.35. The van der Waals surface area contributed by atoms with E-state index in [0.29, 0.717) is 33.2 Å². The van der Waals surface area contributed by atoms with Crippen LogP contribution >= 0.6 is 11.6 Å². The highest BCUT2D eigenvalue weighted by Crippen LogP contribution is 2.39. The van der Waals surface area contributed by atoms with Crippen LogP contribution in [-0.2, 0) is 16.1 Å². The first-order chi connectivity index (χ1) is 11.9. The zero-order chi connectivity index (χ0) is 18.6. The van der Waals surface area contributed by atoms with Gasteiger partial charge in [-0.15, -0.1) is 0 Å². The smallest absolute Gasteiger partial charge is 0.155 e. The van der Waals surface area contributed by atoms with Crippen molar-refractivity contribution in [3.05, 3.63) is 51.8 Å². The van der Waals surface area contributed by atoms with Gasteiger partial charge in [0.05, 0.1) is 19.4 Å². The van der Waals surface area contributed by atoms with Crippen LogP contribution in [0.4, 0.5) is 0 Å². The Morgan fingerprint density at radius 2 is 1.96 bits per heavy atom. The minimum absolute atomic E-state index is 0.0633. The third-order valence-corrected chi connectivity index (χ3v) is 4.19. The van der Waals surface area contributed by atoms with Crippen molar-refractivity contribution in [2.75, 3.05) is 14.2 Å². The van der Waals surface area contributed by atoms with Gasteiger partial charge >= 0.3 is 0 Å². The van der Waals surface area contributed by atoms with E-state index in [1.807, 2.05) is 0 Å². The summed E-state index contributed by atoms with van der Waals surface area (Å²) in [7, 11) is 3.06. The summed E-state index contributed by atoms with van der Waals surface area (Å²) in [5.41, 5.74) is 1.97. The minimum Gasteiger partial charge on any atom is -0.506 e. The Hall–Kier alpha value is -1.86. The molecule has 0 aliphatic heterocycles. The summed E-state index contributed by atoms with van der Waals surface area (Å²) in [5.74, 6) is 0.455. The average molecular weight is 368 g/mol. The molecule has 0 amide bonds. The molecule has 1 heterocycles. The molecule has 2 N–H and O–H groups in total. The van der Waals surface area contributed by atoms with Crippen LogP contribution in [0.1, 0.15) is 35.4 Å². The standard InChI is InChI=1S/C18H22ClNO5/c1-10-17(22)15(9-21)14(8-20-10)18(25-11(2)23-3)13-6-5-12(19)7-16(13)24-4/h5-8,11,18,21-22H,9H2,1-4H3. The molecule has 2 aromatic rings. The Morgan fingerprint density at radius 1 is 1.24 bits per heavy atom. The summed E-state index contributed by atoms with van der Waals surface area (Å²) >= 11 is 6.05. The highest BCUT2D eigenvalue weighted by Gasteiger charge is 2.26. The highest BCUT2D eigenvalue weighted by atomic mass is 35.5. The molecular weight excluding hydrogens is 346 g/mol. The molecule has 136 valence electrons. The van der Waals surface area contributed by atoms with E-state index in [4.69, 9.17) is 25.8 Å². The normalized spacial score (nSPS) is 13.5. The SMILES string of the molecule is COc1cc(Cl)ccc1C(OC(C)OC)c1cnc(C)c(O)c1CO. The van der Waals surface area contributed by atoms with E-state index in [-0.39, 0.29) is 12.4 Å². The molecule has 0 radical (unpaired) electrons. The number of aryl methyl sites for hydroxylation is 1. The molecule has 0 saturated heterocycles. The number of rotatable bonds is 7. The Kier molecular flexibility index (Phi) is 6.61. The number of benzene rings is 1. The maximum Gasteiger partial charge on any atom is 0.155 e. The van der Waals surface area contributed by atoms with Crippen molar-refractivity contribution in [3.8, 4) is 11.5 Å². The zero-order valence-electron chi connectivity index (χ0n) is 14.6. The predicted molar refractivity (Wildman–Crippen MR) is 94.0 cm³/mol. The molecule has 1 aromatic carbocycles. The Labute approximate surface area is 151 Å². The van der Waals surface area contributed by atoms with Crippen molar-refractivity contribution in [1.29, 1.82) is 0 Å². The topological polar surface area (TPSA) is 81.0 Å². The van der Waals surface area contributed by atoms with Gasteiger partial charge in [-0.1, -0.05) is 17.7 Å². The number of aliphatic hydroxyl groups excluding tert-OH is 1. The first kappa shape index (κ1) is 19.5. The Balaban J connectivity index is 2.64. The quantitative estimate of drug-likeness (QED) is 0.730. The second-order valence-corrected chi connectivity index (χ2v) is 5.93. The van der Waals surface area contributed by atoms with E-state index >= 15 is 0 Å². The van der Waals surface area contributed by atoms with Crippen LogP contribution < -0.4 is 4.74 Å². The number of hydrogen-bond acceptors (Lipinski definition) is 6. The maximum absolute atomic E-state index is 10.3. The first-order valence-corrected chi connectivity index (χ1v) is 8.10. The largest absolute Gasteiger partial charge is 0.506 e. The maximum atomic E-state index is 10.3. The summed E-state index contributed by atoms with van der Waals surface area (Å²) in [4.78, 5) is 4.19. The van der Waals surface area contributed by atoms with Crippen molar-refractivity contribution in [1.82, 2.24) is 4.98 Å². The summed E-state index contributed by atoms with van der Waals surface area (Å²) in [5, 5.41) is 20.5. The number of pyridine rings is 1. The van der Waals surface area contributed by atoms with Crippen LogP contribution in [0.25, 0.3) is 0 Å². The fourth-order valence-electron chi connectivity index (χ4n) is 2.52. The van der Waals surface area contributed by atoms with E-state index in [1.54, 1.807) is 38.2 Å². The lowest BCUT2D eigenvalue weighted by molar-refractivity contribution is -0.135. The van der Waals surface area contributed by atoms with Crippen LogP contribution in [0.3, 0.4) is 0 Å². The Bertz CT molecular complexity index is 738. The third-order valence-electron chi connectivity index (χ3n) is 3.95.